The van der Waals surface area contributed by atoms with Crippen molar-refractivity contribution < 1.29 is 44.0 Å². The number of phenols is 1. The molecule has 0 heterocycles. The second kappa shape index (κ2) is 16.8. The summed E-state index contributed by atoms with van der Waals surface area (Å²) in [7, 11) is -14.8. The van der Waals surface area contributed by atoms with Crippen LogP contribution in [0.3, 0.4) is 0 Å². The highest BCUT2D eigenvalue weighted by Gasteiger charge is 2.28. The van der Waals surface area contributed by atoms with Crippen LogP contribution < -0.4 is 17.2 Å². The lowest BCUT2D eigenvalue weighted by molar-refractivity contribution is 0.441. The fraction of sp³-hybridized carbons (Fsp3) is 0.529. The molecule has 0 bridgehead atoms. The average Bonchev–Trinajstić information content (AvgIpc) is 3.04. The quantitative estimate of drug-likeness (QED) is 0.0955. The van der Waals surface area contributed by atoms with E-state index in [9.17, 15) is 44.0 Å². The summed E-state index contributed by atoms with van der Waals surface area (Å²) < 4.78 is 99.5. The molecule has 0 unspecified atom stereocenters. The first kappa shape index (κ1) is 40.1. The molecule has 0 amide bonds. The van der Waals surface area contributed by atoms with E-state index in [0.29, 0.717) is 24.2 Å². The molecule has 0 saturated heterocycles. The Bertz CT molecular complexity index is 2000. The maximum Gasteiger partial charge on any atom is 0.295 e. The van der Waals surface area contributed by atoms with E-state index in [1.807, 2.05) is 0 Å². The van der Waals surface area contributed by atoms with E-state index >= 15 is 0 Å². The van der Waals surface area contributed by atoms with Crippen LogP contribution in [0.1, 0.15) is 96.3 Å². The van der Waals surface area contributed by atoms with Crippen molar-refractivity contribution >= 4 is 62.7 Å². The van der Waals surface area contributed by atoms with Crippen LogP contribution in [0.4, 0.5) is 0 Å². The van der Waals surface area contributed by atoms with Crippen LogP contribution in [-0.4, -0.2) is 62.1 Å². The number of hydrogen-bond acceptors (Lipinski definition) is 10. The van der Waals surface area contributed by atoms with E-state index in [1.165, 1.54) is 108 Å². The molecule has 0 spiro atoms. The van der Waals surface area contributed by atoms with E-state index in [0.717, 1.165) is 18.2 Å². The van der Waals surface area contributed by atoms with Gasteiger partial charge in [-0.1, -0.05) is 76.0 Å². The van der Waals surface area contributed by atoms with Crippen LogP contribution in [0.25, 0.3) is 32.3 Å². The summed E-state index contributed by atoms with van der Waals surface area (Å²) in [5.41, 5.74) is 16.9. The van der Waals surface area contributed by atoms with Gasteiger partial charge in [0, 0.05) is 56.5 Å². The van der Waals surface area contributed by atoms with Crippen LogP contribution >= 0.6 is 0 Å². The van der Waals surface area contributed by atoms with Gasteiger partial charge in [0.05, 0.1) is 0 Å². The van der Waals surface area contributed by atoms with Gasteiger partial charge in [0.15, 0.2) is 0 Å². The zero-order valence-electron chi connectivity index (χ0n) is 28.0. The fourth-order valence-corrected chi connectivity index (χ4v) is 9.13. The highest BCUT2D eigenvalue weighted by molar-refractivity contribution is 7.87. The smallest absolute Gasteiger partial charge is 0.295 e. The first-order chi connectivity index (χ1) is 23.4. The Kier molecular flexibility index (Phi) is 13.5. The van der Waals surface area contributed by atoms with Crippen molar-refractivity contribution in [1.29, 1.82) is 0 Å². The third kappa shape index (κ3) is 10.2. The highest BCUT2D eigenvalue weighted by Crippen LogP contribution is 2.44. The largest absolute Gasteiger partial charge is 0.507 e. The highest BCUT2D eigenvalue weighted by atomic mass is 32.2. The zero-order valence-corrected chi connectivity index (χ0v) is 30.4. The molecular formula is C34H49N3O10S3. The minimum atomic E-state index is -4.96. The third-order valence-corrected chi connectivity index (χ3v) is 12.2. The molecule has 278 valence electrons. The fourth-order valence-electron chi connectivity index (χ4n) is 6.92. The summed E-state index contributed by atoms with van der Waals surface area (Å²) in [6, 6.07) is 7.68. The first-order valence-corrected chi connectivity index (χ1v) is 21.4. The van der Waals surface area contributed by atoms with Gasteiger partial charge in [0.2, 0.25) is 0 Å². The molecule has 0 atom stereocenters. The van der Waals surface area contributed by atoms with Crippen LogP contribution in [0.5, 0.6) is 5.75 Å². The number of benzene rings is 4. The average molecular weight is 756 g/mol. The zero-order chi connectivity index (χ0) is 36.9. The molecule has 4 aromatic carbocycles. The summed E-state index contributed by atoms with van der Waals surface area (Å²) in [6.45, 7) is 0. The van der Waals surface area contributed by atoms with Crippen molar-refractivity contribution in [3.05, 3.63) is 36.4 Å². The topological polar surface area (TPSA) is 261 Å². The Morgan fingerprint density at radius 2 is 0.700 bits per heavy atom. The normalized spacial score (nSPS) is 18.5. The van der Waals surface area contributed by atoms with Crippen molar-refractivity contribution in [1.82, 2.24) is 0 Å². The third-order valence-electron chi connectivity index (χ3n) is 9.55. The van der Waals surface area contributed by atoms with Crippen molar-refractivity contribution in [3.63, 3.8) is 0 Å². The molecule has 0 aromatic heterocycles. The predicted molar refractivity (Wildman–Crippen MR) is 194 cm³/mol. The monoisotopic (exact) mass is 755 g/mol. The van der Waals surface area contributed by atoms with Gasteiger partial charge in [-0.15, -0.1) is 0 Å². The summed E-state index contributed by atoms with van der Waals surface area (Å²) in [5, 5.41) is 9.54. The second-order valence-corrected chi connectivity index (χ2v) is 17.6. The van der Waals surface area contributed by atoms with Crippen molar-refractivity contribution in [3.8, 4) is 5.75 Å². The number of hydrogen-bond donors (Lipinski definition) is 7. The van der Waals surface area contributed by atoms with Gasteiger partial charge < -0.3 is 22.3 Å². The standard InChI is InChI=1S/C16H10O10S3.3C6H13N/c17-11-5-12(27(18,19)20)8-3-4-10-14(29(24,25)26)6-13(28(21,22)23)9-2-1-7(11)15(8)16(9)10;3*7-6-4-2-1-3-5-6/h1-6,17H,(H,18,19,20)(H,21,22,23)(H,24,25,26);3*6H,1-5,7H2. The van der Waals surface area contributed by atoms with E-state index in [2.05, 4.69) is 0 Å². The van der Waals surface area contributed by atoms with Gasteiger partial charge in [0.25, 0.3) is 30.4 Å². The predicted octanol–water partition coefficient (Wildman–Crippen LogP) is 5.86. The minimum absolute atomic E-state index is 0.0271. The lowest BCUT2D eigenvalue weighted by Crippen LogP contribution is -2.22. The lowest BCUT2D eigenvalue weighted by atomic mass is 9.94. The van der Waals surface area contributed by atoms with Crippen LogP contribution in [0.2, 0.25) is 0 Å². The molecule has 0 aliphatic heterocycles. The molecule has 0 radical (unpaired) electrons. The van der Waals surface area contributed by atoms with E-state index in [4.69, 9.17) is 17.2 Å². The number of aromatic hydroxyl groups is 1. The number of rotatable bonds is 3. The molecule has 3 aliphatic rings. The summed E-state index contributed by atoms with van der Waals surface area (Å²) in [4.78, 5) is -2.38. The Morgan fingerprint density at radius 3 is 0.960 bits per heavy atom. The second-order valence-electron chi connectivity index (χ2n) is 13.5. The Balaban J connectivity index is 0.000000213. The summed E-state index contributed by atoms with van der Waals surface area (Å²) in [6.07, 6.45) is 20.0. The molecule has 50 heavy (non-hydrogen) atoms. The minimum Gasteiger partial charge on any atom is -0.507 e. The number of phenolic OH excluding ortho intramolecular Hbond substituents is 1. The van der Waals surface area contributed by atoms with Crippen LogP contribution in [0, 0.1) is 0 Å². The Labute approximate surface area is 294 Å². The van der Waals surface area contributed by atoms with Crippen LogP contribution in [-0.2, 0) is 30.4 Å². The molecule has 16 heteroatoms. The maximum absolute atomic E-state index is 11.8. The molecule has 3 fully saturated rings. The van der Waals surface area contributed by atoms with E-state index < -0.39 is 50.8 Å². The van der Waals surface area contributed by atoms with Gasteiger partial charge in [-0.05, 0) is 50.7 Å². The molecular weight excluding hydrogens is 707 g/mol. The van der Waals surface area contributed by atoms with Crippen molar-refractivity contribution in [2.24, 2.45) is 17.2 Å². The first-order valence-electron chi connectivity index (χ1n) is 17.1. The van der Waals surface area contributed by atoms with E-state index in [-0.39, 0.29) is 32.3 Å². The Morgan fingerprint density at radius 1 is 0.440 bits per heavy atom. The summed E-state index contributed by atoms with van der Waals surface area (Å²) >= 11 is 0. The van der Waals surface area contributed by atoms with Gasteiger partial charge in [0.1, 0.15) is 20.4 Å². The van der Waals surface area contributed by atoms with Gasteiger partial charge in [-0.2, -0.15) is 25.3 Å². The molecule has 3 aliphatic carbocycles. The van der Waals surface area contributed by atoms with Crippen molar-refractivity contribution in [2.75, 3.05) is 0 Å². The number of nitrogens with two attached hydrogens (primary N) is 3. The van der Waals surface area contributed by atoms with Gasteiger partial charge >= 0.3 is 0 Å². The van der Waals surface area contributed by atoms with Gasteiger partial charge in [-0.3, -0.25) is 13.7 Å². The molecule has 3 saturated carbocycles. The maximum atomic E-state index is 11.8. The Hall–Kier alpha value is -2.67. The molecule has 7 rings (SSSR count). The van der Waals surface area contributed by atoms with Crippen LogP contribution in [0.15, 0.2) is 51.1 Å². The lowest BCUT2D eigenvalue weighted by Gasteiger charge is -2.17. The van der Waals surface area contributed by atoms with E-state index in [1.54, 1.807) is 0 Å². The molecule has 13 nitrogen and oxygen atoms in total. The van der Waals surface area contributed by atoms with Crippen molar-refractivity contribution in [2.45, 2.75) is 129 Å². The molecule has 4 aromatic rings. The summed E-state index contributed by atoms with van der Waals surface area (Å²) in [5.74, 6) is -0.579. The van der Waals surface area contributed by atoms with Gasteiger partial charge in [-0.25, -0.2) is 0 Å². The SMILES string of the molecule is NC1CCCCC1.NC1CCCCC1.NC1CCCCC1.O=S(=O)(O)c1cc(O)c2ccc3c(S(=O)(=O)O)cc(S(=O)(=O)O)c4ccc1c2c34. The molecule has 10 N–H and O–H groups in total.